The fraction of sp³-hybridized carbons (Fsp3) is 0.381. The van der Waals surface area contributed by atoms with E-state index in [1.807, 2.05) is 31.2 Å². The zero-order valence-electron chi connectivity index (χ0n) is 16.6. The van der Waals surface area contributed by atoms with E-state index in [0.29, 0.717) is 42.8 Å². The summed E-state index contributed by atoms with van der Waals surface area (Å²) in [6.45, 7) is 2.64. The molecule has 1 aliphatic heterocycles. The van der Waals surface area contributed by atoms with Crippen molar-refractivity contribution >= 4 is 16.9 Å². The molecule has 3 aromatic rings. The molecule has 0 atom stereocenters. The van der Waals surface area contributed by atoms with Gasteiger partial charge in [-0.05, 0) is 25.8 Å². The maximum Gasteiger partial charge on any atom is 0.319 e. The Morgan fingerprint density at radius 3 is 2.59 bits per heavy atom. The lowest BCUT2D eigenvalue weighted by Gasteiger charge is -2.38. The van der Waals surface area contributed by atoms with Crippen LogP contribution < -0.4 is 9.47 Å². The number of ether oxygens (including phenoxy) is 2. The zero-order valence-corrected chi connectivity index (χ0v) is 16.6. The van der Waals surface area contributed by atoms with Crippen LogP contribution in [0.4, 0.5) is 0 Å². The molecule has 8 heteroatoms. The number of aryl methyl sites for hydroxylation is 1. The summed E-state index contributed by atoms with van der Waals surface area (Å²) in [5.74, 6) is 0.452. The van der Waals surface area contributed by atoms with Gasteiger partial charge in [-0.1, -0.05) is 18.2 Å². The molecule has 2 aromatic heterocycles. The number of aromatic nitrogens is 2. The van der Waals surface area contributed by atoms with Crippen molar-refractivity contribution in [3.05, 3.63) is 47.3 Å². The number of carbonyl (C=O) groups is 1. The van der Waals surface area contributed by atoms with Gasteiger partial charge in [-0.3, -0.25) is 4.79 Å². The van der Waals surface area contributed by atoms with Gasteiger partial charge >= 0.3 is 6.01 Å². The van der Waals surface area contributed by atoms with E-state index in [1.165, 1.54) is 20.4 Å². The molecular weight excluding hydrogens is 374 g/mol. The van der Waals surface area contributed by atoms with Crippen molar-refractivity contribution in [1.82, 2.24) is 14.9 Å². The van der Waals surface area contributed by atoms with E-state index in [-0.39, 0.29) is 17.8 Å². The minimum atomic E-state index is -1.18. The number of furan rings is 1. The fourth-order valence-electron chi connectivity index (χ4n) is 3.80. The second-order valence-electron chi connectivity index (χ2n) is 7.16. The predicted molar refractivity (Wildman–Crippen MR) is 105 cm³/mol. The van der Waals surface area contributed by atoms with Gasteiger partial charge in [0.2, 0.25) is 5.88 Å². The molecule has 0 saturated carbocycles. The Morgan fingerprint density at radius 2 is 1.93 bits per heavy atom. The van der Waals surface area contributed by atoms with E-state index in [0.717, 1.165) is 10.9 Å². The number of aliphatic hydroxyl groups is 1. The topological polar surface area (TPSA) is 97.9 Å². The smallest absolute Gasteiger partial charge is 0.319 e. The van der Waals surface area contributed by atoms with Gasteiger partial charge < -0.3 is 23.9 Å². The summed E-state index contributed by atoms with van der Waals surface area (Å²) in [4.78, 5) is 23.0. The summed E-state index contributed by atoms with van der Waals surface area (Å²) in [5.41, 5.74) is 0.837. The van der Waals surface area contributed by atoms with Crippen molar-refractivity contribution in [2.24, 2.45) is 0 Å². The normalized spacial score (nSPS) is 16.1. The molecule has 1 fully saturated rings. The van der Waals surface area contributed by atoms with E-state index < -0.39 is 5.60 Å². The first-order valence-electron chi connectivity index (χ1n) is 9.42. The van der Waals surface area contributed by atoms with Gasteiger partial charge in [0.25, 0.3) is 5.91 Å². The number of hydrogen-bond donors (Lipinski definition) is 1. The number of fused-ring (bicyclic) bond motifs is 1. The highest BCUT2D eigenvalue weighted by molar-refractivity contribution is 5.99. The van der Waals surface area contributed by atoms with Crippen molar-refractivity contribution in [3.63, 3.8) is 0 Å². The molecule has 1 saturated heterocycles. The Labute approximate surface area is 168 Å². The van der Waals surface area contributed by atoms with Crippen LogP contribution in [0.3, 0.4) is 0 Å². The third kappa shape index (κ3) is 3.29. The molecule has 0 unspecified atom stereocenters. The SMILES string of the molecule is COc1ncc(C2(O)CCN(C(=O)c3oc4ccccc4c3C)CC2)c(OC)n1. The molecule has 29 heavy (non-hydrogen) atoms. The van der Waals surface area contributed by atoms with Crippen molar-refractivity contribution in [1.29, 1.82) is 0 Å². The highest BCUT2D eigenvalue weighted by Gasteiger charge is 2.39. The first kappa shape index (κ1) is 19.2. The number of hydrogen-bond acceptors (Lipinski definition) is 7. The number of likely N-dealkylation sites (tertiary alicyclic amines) is 1. The van der Waals surface area contributed by atoms with Crippen LogP contribution in [0.25, 0.3) is 11.0 Å². The Balaban J connectivity index is 1.54. The third-order valence-corrected chi connectivity index (χ3v) is 5.52. The molecule has 152 valence electrons. The maximum atomic E-state index is 13.0. The van der Waals surface area contributed by atoms with E-state index >= 15 is 0 Å². The van der Waals surface area contributed by atoms with Gasteiger partial charge in [0.05, 0.1) is 25.4 Å². The van der Waals surface area contributed by atoms with E-state index in [1.54, 1.807) is 4.90 Å². The Kier molecular flexibility index (Phi) is 4.87. The molecule has 0 spiro atoms. The van der Waals surface area contributed by atoms with Crippen LogP contribution in [0.1, 0.15) is 34.5 Å². The summed E-state index contributed by atoms with van der Waals surface area (Å²) in [7, 11) is 2.95. The predicted octanol–water partition coefficient (Wildman–Crippen LogP) is 2.67. The van der Waals surface area contributed by atoms with Crippen LogP contribution in [-0.4, -0.2) is 53.2 Å². The Morgan fingerprint density at radius 1 is 1.21 bits per heavy atom. The molecule has 8 nitrogen and oxygen atoms in total. The fourth-order valence-corrected chi connectivity index (χ4v) is 3.80. The summed E-state index contributed by atoms with van der Waals surface area (Å²) in [6, 6.07) is 7.76. The maximum absolute atomic E-state index is 13.0. The monoisotopic (exact) mass is 397 g/mol. The van der Waals surface area contributed by atoms with Crippen LogP contribution in [-0.2, 0) is 5.60 Å². The number of nitrogens with zero attached hydrogens (tertiary/aromatic N) is 3. The highest BCUT2D eigenvalue weighted by atomic mass is 16.5. The summed E-state index contributed by atoms with van der Waals surface area (Å²) in [6.07, 6.45) is 2.19. The largest absolute Gasteiger partial charge is 0.481 e. The number of carbonyl (C=O) groups excluding carboxylic acids is 1. The molecule has 1 N–H and O–H groups in total. The van der Waals surface area contributed by atoms with E-state index in [2.05, 4.69) is 9.97 Å². The molecule has 0 bridgehead atoms. The summed E-state index contributed by atoms with van der Waals surface area (Å²) < 4.78 is 16.1. The standard InChI is InChI=1S/C21H23N3O5/c1-13-14-6-4-5-7-16(14)29-17(13)19(25)24-10-8-21(26,9-11-24)15-12-22-20(28-3)23-18(15)27-2/h4-7,12,26H,8-11H2,1-3H3. The van der Waals surface area contributed by atoms with Gasteiger partial charge in [-0.15, -0.1) is 0 Å². The molecule has 0 radical (unpaired) electrons. The highest BCUT2D eigenvalue weighted by Crippen LogP contribution is 2.38. The number of rotatable bonds is 4. The lowest BCUT2D eigenvalue weighted by Crippen LogP contribution is -2.45. The molecule has 1 aromatic carbocycles. The second-order valence-corrected chi connectivity index (χ2v) is 7.16. The van der Waals surface area contributed by atoms with Crippen LogP contribution >= 0.6 is 0 Å². The quantitative estimate of drug-likeness (QED) is 0.723. The lowest BCUT2D eigenvalue weighted by atomic mass is 9.85. The number of amides is 1. The number of piperidine rings is 1. The summed E-state index contributed by atoms with van der Waals surface area (Å²) >= 11 is 0. The average molecular weight is 397 g/mol. The third-order valence-electron chi connectivity index (χ3n) is 5.52. The molecule has 3 heterocycles. The van der Waals surface area contributed by atoms with Crippen molar-refractivity contribution in [2.75, 3.05) is 27.3 Å². The first-order valence-corrected chi connectivity index (χ1v) is 9.42. The van der Waals surface area contributed by atoms with Gasteiger partial charge in [0.15, 0.2) is 5.76 Å². The number of methoxy groups -OCH3 is 2. The van der Waals surface area contributed by atoms with Gasteiger partial charge in [0.1, 0.15) is 5.58 Å². The molecule has 1 aliphatic rings. The Bertz CT molecular complexity index is 1050. The van der Waals surface area contributed by atoms with Gasteiger partial charge in [-0.25, -0.2) is 4.98 Å². The number of para-hydroxylation sites is 1. The second kappa shape index (κ2) is 7.36. The van der Waals surface area contributed by atoms with Crippen LogP contribution in [0, 0.1) is 6.92 Å². The Hall–Kier alpha value is -3.13. The van der Waals surface area contributed by atoms with Gasteiger partial charge in [-0.2, -0.15) is 4.98 Å². The zero-order chi connectivity index (χ0) is 20.6. The van der Waals surface area contributed by atoms with Crippen molar-refractivity contribution in [3.8, 4) is 11.9 Å². The molecule has 1 amide bonds. The van der Waals surface area contributed by atoms with Crippen molar-refractivity contribution in [2.45, 2.75) is 25.4 Å². The molecule has 0 aliphatic carbocycles. The van der Waals surface area contributed by atoms with Crippen molar-refractivity contribution < 1.29 is 23.8 Å². The van der Waals surface area contributed by atoms with Gasteiger partial charge in [0, 0.05) is 30.2 Å². The first-order chi connectivity index (χ1) is 14.0. The molecule has 4 rings (SSSR count). The van der Waals surface area contributed by atoms with Crippen LogP contribution in [0.2, 0.25) is 0 Å². The minimum Gasteiger partial charge on any atom is -0.481 e. The molecular formula is C21H23N3O5. The van der Waals surface area contributed by atoms with Crippen LogP contribution in [0.15, 0.2) is 34.9 Å². The lowest BCUT2D eigenvalue weighted by molar-refractivity contribution is -0.0239. The minimum absolute atomic E-state index is 0.168. The van der Waals surface area contributed by atoms with Crippen LogP contribution in [0.5, 0.6) is 11.9 Å². The number of benzene rings is 1. The average Bonchev–Trinajstić information content (AvgIpc) is 3.10. The van der Waals surface area contributed by atoms with E-state index in [4.69, 9.17) is 13.9 Å². The summed E-state index contributed by atoms with van der Waals surface area (Å²) in [5, 5.41) is 12.1. The van der Waals surface area contributed by atoms with E-state index in [9.17, 15) is 9.90 Å².